The molecule has 1 aromatic rings. The minimum absolute atomic E-state index is 0.145. The molecule has 1 heterocycles. The zero-order chi connectivity index (χ0) is 14.1. The minimum Gasteiger partial charge on any atom is -0.477 e. The van der Waals surface area contributed by atoms with Crippen LogP contribution in [-0.2, 0) is 10.9 Å². The fraction of sp³-hybridized carbons (Fsp3) is 0.333. The Balaban J connectivity index is 3.50. The van der Waals surface area contributed by atoms with Crippen LogP contribution in [0.5, 0.6) is 0 Å². The number of anilines is 1. The van der Waals surface area contributed by atoms with Crippen molar-refractivity contribution in [3.05, 3.63) is 16.0 Å². The van der Waals surface area contributed by atoms with Crippen molar-refractivity contribution < 1.29 is 32.6 Å². The van der Waals surface area contributed by atoms with Gasteiger partial charge in [0.05, 0.1) is 12.2 Å². The molecule has 0 amide bonds. The van der Waals surface area contributed by atoms with Crippen LogP contribution in [0.3, 0.4) is 0 Å². The Bertz CT molecular complexity index is 495. The Kier molecular flexibility index (Phi) is 3.85. The van der Waals surface area contributed by atoms with Crippen LogP contribution in [0.15, 0.2) is 0 Å². The molecule has 3 N–H and O–H groups in total. The standard InChI is InChI=1S/C9H8F3NO4S/c1-2-17-8(16)3-4(9(10,11)12)5(7(14)15)18-6(3)13/h2,13H2,1H3,(H,14,15). The molecule has 0 atom stereocenters. The Labute approximate surface area is 103 Å². The number of ether oxygens (including phenoxy) is 1. The molecule has 0 fully saturated rings. The van der Waals surface area contributed by atoms with Crippen molar-refractivity contribution in [2.75, 3.05) is 12.3 Å². The highest BCUT2D eigenvalue weighted by molar-refractivity contribution is 7.18. The van der Waals surface area contributed by atoms with Gasteiger partial charge in [-0.1, -0.05) is 0 Å². The lowest BCUT2D eigenvalue weighted by Gasteiger charge is -2.09. The van der Waals surface area contributed by atoms with Gasteiger partial charge in [0.15, 0.2) is 0 Å². The summed E-state index contributed by atoms with van der Waals surface area (Å²) in [6.45, 7) is 1.26. The molecule has 18 heavy (non-hydrogen) atoms. The molecule has 0 aromatic carbocycles. The summed E-state index contributed by atoms with van der Waals surface area (Å²) in [7, 11) is 0. The van der Waals surface area contributed by atoms with Gasteiger partial charge in [0.2, 0.25) is 0 Å². The van der Waals surface area contributed by atoms with Gasteiger partial charge in [-0.15, -0.1) is 11.3 Å². The van der Waals surface area contributed by atoms with Crippen LogP contribution in [0.2, 0.25) is 0 Å². The first kappa shape index (κ1) is 14.3. The number of esters is 1. The topological polar surface area (TPSA) is 89.6 Å². The number of carboxylic acid groups (broad SMARTS) is 1. The molecule has 0 spiro atoms. The minimum atomic E-state index is -5.00. The van der Waals surface area contributed by atoms with E-state index in [-0.39, 0.29) is 17.9 Å². The van der Waals surface area contributed by atoms with Crippen LogP contribution in [0, 0.1) is 0 Å². The molecule has 1 rings (SSSR count). The number of rotatable bonds is 3. The average molecular weight is 283 g/mol. The number of nitrogen functional groups attached to an aromatic ring is 1. The molecule has 0 aliphatic rings. The molecule has 0 aliphatic carbocycles. The van der Waals surface area contributed by atoms with E-state index in [0.717, 1.165) is 0 Å². The molecule has 9 heteroatoms. The smallest absolute Gasteiger partial charge is 0.418 e. The van der Waals surface area contributed by atoms with E-state index in [1.165, 1.54) is 6.92 Å². The van der Waals surface area contributed by atoms with E-state index in [1.807, 2.05) is 0 Å². The van der Waals surface area contributed by atoms with Crippen LogP contribution in [0.1, 0.15) is 32.5 Å². The maximum Gasteiger partial charge on any atom is 0.418 e. The number of carboxylic acids is 1. The first-order valence-corrected chi connectivity index (χ1v) is 5.41. The summed E-state index contributed by atoms with van der Waals surface area (Å²) in [5.41, 5.74) is 2.76. The molecular formula is C9H8F3NO4S. The van der Waals surface area contributed by atoms with Crippen molar-refractivity contribution in [2.45, 2.75) is 13.1 Å². The number of nitrogens with two attached hydrogens (primary N) is 1. The lowest BCUT2D eigenvalue weighted by Crippen LogP contribution is -2.17. The van der Waals surface area contributed by atoms with Gasteiger partial charge in [0, 0.05) is 0 Å². The number of carbonyl (C=O) groups is 2. The Morgan fingerprint density at radius 3 is 2.39 bits per heavy atom. The summed E-state index contributed by atoms with van der Waals surface area (Å²) in [5.74, 6) is -3.08. The van der Waals surface area contributed by atoms with Crippen molar-refractivity contribution in [3.8, 4) is 0 Å². The number of alkyl halides is 3. The van der Waals surface area contributed by atoms with Gasteiger partial charge < -0.3 is 15.6 Å². The molecule has 100 valence electrons. The van der Waals surface area contributed by atoms with Gasteiger partial charge in [-0.05, 0) is 6.92 Å². The lowest BCUT2D eigenvalue weighted by atomic mass is 10.1. The molecule has 0 unspecified atom stereocenters. The zero-order valence-electron chi connectivity index (χ0n) is 9.00. The summed E-state index contributed by atoms with van der Waals surface area (Å²) >= 11 is 0.188. The van der Waals surface area contributed by atoms with E-state index in [2.05, 4.69) is 4.74 Å². The van der Waals surface area contributed by atoms with Crippen LogP contribution >= 0.6 is 11.3 Å². The predicted molar refractivity (Wildman–Crippen MR) is 56.6 cm³/mol. The molecule has 0 radical (unpaired) electrons. The van der Waals surface area contributed by atoms with Crippen LogP contribution < -0.4 is 5.73 Å². The molecule has 0 saturated carbocycles. The Morgan fingerprint density at radius 2 is 2.00 bits per heavy atom. The highest BCUT2D eigenvalue weighted by Gasteiger charge is 2.43. The van der Waals surface area contributed by atoms with Crippen LogP contribution in [-0.4, -0.2) is 23.7 Å². The largest absolute Gasteiger partial charge is 0.477 e. The van der Waals surface area contributed by atoms with Crippen molar-refractivity contribution in [2.24, 2.45) is 0 Å². The molecule has 0 saturated heterocycles. The van der Waals surface area contributed by atoms with Crippen LogP contribution in [0.4, 0.5) is 18.2 Å². The van der Waals surface area contributed by atoms with Gasteiger partial charge >= 0.3 is 18.1 Å². The second-order valence-electron chi connectivity index (χ2n) is 3.07. The molecule has 0 bridgehead atoms. The fourth-order valence-corrected chi connectivity index (χ4v) is 2.19. The number of halogens is 3. The Morgan fingerprint density at radius 1 is 1.44 bits per heavy atom. The number of hydrogen-bond acceptors (Lipinski definition) is 5. The predicted octanol–water partition coefficient (Wildman–Crippen LogP) is 2.22. The average Bonchev–Trinajstić information content (AvgIpc) is 2.55. The molecular weight excluding hydrogens is 275 g/mol. The first-order chi connectivity index (χ1) is 8.20. The van der Waals surface area contributed by atoms with E-state index >= 15 is 0 Å². The summed E-state index contributed by atoms with van der Waals surface area (Å²) in [6, 6.07) is 0. The van der Waals surface area contributed by atoms with Crippen molar-refractivity contribution in [3.63, 3.8) is 0 Å². The van der Waals surface area contributed by atoms with E-state index in [4.69, 9.17) is 10.8 Å². The molecule has 5 nitrogen and oxygen atoms in total. The van der Waals surface area contributed by atoms with Gasteiger partial charge in [0.1, 0.15) is 15.4 Å². The summed E-state index contributed by atoms with van der Waals surface area (Å²) in [5, 5.41) is 8.15. The fourth-order valence-electron chi connectivity index (χ4n) is 1.28. The van der Waals surface area contributed by atoms with Gasteiger partial charge in [-0.2, -0.15) is 13.2 Å². The number of carbonyl (C=O) groups excluding carboxylic acids is 1. The third kappa shape index (κ3) is 2.55. The van der Waals surface area contributed by atoms with E-state index < -0.39 is 39.1 Å². The third-order valence-corrected chi connectivity index (χ3v) is 2.90. The summed E-state index contributed by atoms with van der Waals surface area (Å²) in [6.07, 6.45) is -5.00. The van der Waals surface area contributed by atoms with Crippen molar-refractivity contribution >= 4 is 28.3 Å². The quantitative estimate of drug-likeness (QED) is 0.830. The third-order valence-electron chi connectivity index (χ3n) is 1.89. The SMILES string of the molecule is CCOC(=O)c1c(N)sc(C(=O)O)c1C(F)(F)F. The van der Waals surface area contributed by atoms with Crippen molar-refractivity contribution in [1.29, 1.82) is 0 Å². The van der Waals surface area contributed by atoms with Gasteiger partial charge in [-0.25, -0.2) is 9.59 Å². The highest BCUT2D eigenvalue weighted by atomic mass is 32.1. The van der Waals surface area contributed by atoms with Crippen LogP contribution in [0.25, 0.3) is 0 Å². The summed E-state index contributed by atoms with van der Waals surface area (Å²) in [4.78, 5) is 21.1. The maximum absolute atomic E-state index is 12.8. The monoisotopic (exact) mass is 283 g/mol. The molecule has 0 aliphatic heterocycles. The van der Waals surface area contributed by atoms with E-state index in [0.29, 0.717) is 0 Å². The maximum atomic E-state index is 12.8. The zero-order valence-corrected chi connectivity index (χ0v) is 9.82. The normalized spacial score (nSPS) is 11.3. The second kappa shape index (κ2) is 4.84. The van der Waals surface area contributed by atoms with E-state index in [9.17, 15) is 22.8 Å². The van der Waals surface area contributed by atoms with Gasteiger partial charge in [-0.3, -0.25) is 0 Å². The van der Waals surface area contributed by atoms with Gasteiger partial charge in [0.25, 0.3) is 0 Å². The van der Waals surface area contributed by atoms with E-state index in [1.54, 1.807) is 0 Å². The number of aromatic carboxylic acids is 1. The second-order valence-corrected chi connectivity index (χ2v) is 4.12. The highest BCUT2D eigenvalue weighted by Crippen LogP contribution is 2.42. The number of thiophene rings is 1. The van der Waals surface area contributed by atoms with Crippen molar-refractivity contribution in [1.82, 2.24) is 0 Å². The molecule has 1 aromatic heterocycles. The Hall–Kier alpha value is -1.77. The number of hydrogen-bond donors (Lipinski definition) is 2. The summed E-state index contributed by atoms with van der Waals surface area (Å²) < 4.78 is 42.7. The lowest BCUT2D eigenvalue weighted by molar-refractivity contribution is -0.138. The first-order valence-electron chi connectivity index (χ1n) is 4.60.